The van der Waals surface area contributed by atoms with Crippen LogP contribution < -0.4 is 9.62 Å². The highest BCUT2D eigenvalue weighted by atomic mass is 32.2. The lowest BCUT2D eigenvalue weighted by atomic mass is 10.3. The number of azo groups is 1. The van der Waals surface area contributed by atoms with Gasteiger partial charge in [0.1, 0.15) is 0 Å². The molecule has 7 nitrogen and oxygen atoms in total. The Kier molecular flexibility index (Phi) is 6.22. The molecular formula is C17H19N5O2S. The van der Waals surface area contributed by atoms with Crippen LogP contribution in [0.4, 0.5) is 17.1 Å². The van der Waals surface area contributed by atoms with Crippen molar-refractivity contribution >= 4 is 27.1 Å². The molecule has 0 saturated carbocycles. The molecule has 1 N–H and O–H groups in total. The molecule has 0 spiro atoms. The lowest BCUT2D eigenvalue weighted by Gasteiger charge is -2.11. The monoisotopic (exact) mass is 357 g/mol. The first-order chi connectivity index (χ1) is 11.9. The predicted molar refractivity (Wildman–Crippen MR) is 96.8 cm³/mol. The van der Waals surface area contributed by atoms with E-state index >= 15 is 0 Å². The van der Waals surface area contributed by atoms with Crippen LogP contribution in [0, 0.1) is 11.3 Å². The van der Waals surface area contributed by atoms with E-state index in [0.29, 0.717) is 11.4 Å². The van der Waals surface area contributed by atoms with E-state index in [1.54, 1.807) is 12.1 Å². The van der Waals surface area contributed by atoms with Crippen molar-refractivity contribution in [2.45, 2.75) is 11.3 Å². The number of anilines is 1. The van der Waals surface area contributed by atoms with Gasteiger partial charge in [0, 0.05) is 32.7 Å². The molecule has 0 amide bonds. The number of hydrogen-bond acceptors (Lipinski definition) is 6. The zero-order valence-corrected chi connectivity index (χ0v) is 14.9. The van der Waals surface area contributed by atoms with Crippen molar-refractivity contribution in [2.24, 2.45) is 10.2 Å². The van der Waals surface area contributed by atoms with Crippen LogP contribution in [-0.2, 0) is 10.0 Å². The molecule has 0 aliphatic carbocycles. The Morgan fingerprint density at radius 2 is 1.52 bits per heavy atom. The van der Waals surface area contributed by atoms with Gasteiger partial charge in [0.15, 0.2) is 0 Å². The average Bonchev–Trinajstić information content (AvgIpc) is 2.61. The summed E-state index contributed by atoms with van der Waals surface area (Å²) in [7, 11) is 0.312. The summed E-state index contributed by atoms with van der Waals surface area (Å²) in [6.45, 7) is 0.0865. The van der Waals surface area contributed by atoms with Crippen molar-refractivity contribution in [1.82, 2.24) is 4.72 Å². The summed E-state index contributed by atoms with van der Waals surface area (Å²) in [6, 6.07) is 15.6. The van der Waals surface area contributed by atoms with Gasteiger partial charge >= 0.3 is 0 Å². The lowest BCUT2D eigenvalue weighted by molar-refractivity contribution is 0.582. The third-order valence-electron chi connectivity index (χ3n) is 3.32. The molecule has 2 aromatic carbocycles. The Balaban J connectivity index is 2.06. The highest BCUT2D eigenvalue weighted by Crippen LogP contribution is 2.22. The molecule has 0 saturated heterocycles. The van der Waals surface area contributed by atoms with Gasteiger partial charge in [0.05, 0.1) is 22.3 Å². The van der Waals surface area contributed by atoms with Gasteiger partial charge in [0.25, 0.3) is 0 Å². The number of nitriles is 1. The fraction of sp³-hybridized carbons (Fsp3) is 0.235. The molecule has 0 bridgehead atoms. The van der Waals surface area contributed by atoms with E-state index in [1.807, 2.05) is 49.3 Å². The van der Waals surface area contributed by atoms with Crippen LogP contribution in [0.15, 0.2) is 63.7 Å². The quantitative estimate of drug-likeness (QED) is 0.607. The Morgan fingerprint density at radius 3 is 2.00 bits per heavy atom. The maximum Gasteiger partial charge on any atom is 0.240 e. The molecule has 2 rings (SSSR count). The van der Waals surface area contributed by atoms with E-state index in [9.17, 15) is 8.42 Å². The number of sulfonamides is 1. The SMILES string of the molecule is CN(C)c1ccc(/N=N/c2ccc(S(=O)(=O)NCCC#N)cc2)cc1. The Bertz CT molecular complexity index is 867. The molecule has 8 heteroatoms. The summed E-state index contributed by atoms with van der Waals surface area (Å²) in [6.07, 6.45) is 0.123. The zero-order chi connectivity index (χ0) is 18.3. The van der Waals surface area contributed by atoms with E-state index in [4.69, 9.17) is 5.26 Å². The van der Waals surface area contributed by atoms with Crippen molar-refractivity contribution in [3.8, 4) is 6.07 Å². The zero-order valence-electron chi connectivity index (χ0n) is 14.0. The minimum atomic E-state index is -3.61. The molecular weight excluding hydrogens is 338 g/mol. The molecule has 0 radical (unpaired) electrons. The molecule has 0 unspecified atom stereocenters. The normalized spacial score (nSPS) is 11.4. The van der Waals surface area contributed by atoms with Gasteiger partial charge in [-0.1, -0.05) is 0 Å². The molecule has 25 heavy (non-hydrogen) atoms. The van der Waals surface area contributed by atoms with Gasteiger partial charge in [-0.05, 0) is 48.5 Å². The Morgan fingerprint density at radius 1 is 1.00 bits per heavy atom. The number of nitrogens with one attached hydrogen (secondary N) is 1. The third kappa shape index (κ3) is 5.38. The van der Waals surface area contributed by atoms with Crippen LogP contribution in [0.5, 0.6) is 0 Å². The first-order valence-corrected chi connectivity index (χ1v) is 9.06. The van der Waals surface area contributed by atoms with E-state index in [-0.39, 0.29) is 17.9 Å². The Labute approximate surface area is 147 Å². The molecule has 2 aromatic rings. The van der Waals surface area contributed by atoms with Crippen LogP contribution in [0.2, 0.25) is 0 Å². The van der Waals surface area contributed by atoms with Gasteiger partial charge in [0.2, 0.25) is 10.0 Å². The molecule has 0 heterocycles. The first-order valence-electron chi connectivity index (χ1n) is 7.58. The van der Waals surface area contributed by atoms with Crippen LogP contribution in [0.1, 0.15) is 6.42 Å². The van der Waals surface area contributed by atoms with Crippen molar-refractivity contribution in [3.63, 3.8) is 0 Å². The number of rotatable bonds is 7. The maximum absolute atomic E-state index is 12.0. The van der Waals surface area contributed by atoms with Crippen molar-refractivity contribution < 1.29 is 8.42 Å². The average molecular weight is 357 g/mol. The predicted octanol–water partition coefficient (Wildman–Crippen LogP) is 3.36. The molecule has 130 valence electrons. The van der Waals surface area contributed by atoms with Gasteiger partial charge < -0.3 is 4.90 Å². The number of hydrogen-bond donors (Lipinski definition) is 1. The van der Waals surface area contributed by atoms with Gasteiger partial charge in [-0.2, -0.15) is 15.5 Å². The van der Waals surface area contributed by atoms with Crippen molar-refractivity contribution in [1.29, 1.82) is 5.26 Å². The molecule has 0 aromatic heterocycles. The largest absolute Gasteiger partial charge is 0.378 e. The third-order valence-corrected chi connectivity index (χ3v) is 4.80. The summed E-state index contributed by atoms with van der Waals surface area (Å²) in [5.41, 5.74) is 2.32. The summed E-state index contributed by atoms with van der Waals surface area (Å²) in [4.78, 5) is 2.12. The summed E-state index contributed by atoms with van der Waals surface area (Å²) < 4.78 is 26.4. The van der Waals surface area contributed by atoms with Crippen molar-refractivity contribution in [3.05, 3.63) is 48.5 Å². The van der Waals surface area contributed by atoms with Gasteiger partial charge in [-0.25, -0.2) is 13.1 Å². The van der Waals surface area contributed by atoms with Crippen molar-refractivity contribution in [2.75, 3.05) is 25.5 Å². The summed E-state index contributed by atoms with van der Waals surface area (Å²) >= 11 is 0. The van der Waals surface area contributed by atoms with Crippen LogP contribution in [-0.4, -0.2) is 29.1 Å². The minimum Gasteiger partial charge on any atom is -0.378 e. The highest BCUT2D eigenvalue weighted by molar-refractivity contribution is 7.89. The minimum absolute atomic E-state index is 0.0865. The second kappa shape index (κ2) is 8.37. The van der Waals surface area contributed by atoms with E-state index in [2.05, 4.69) is 15.0 Å². The van der Waals surface area contributed by atoms with E-state index in [0.717, 1.165) is 5.69 Å². The molecule has 0 aliphatic rings. The lowest BCUT2D eigenvalue weighted by Crippen LogP contribution is -2.24. The van der Waals surface area contributed by atoms with Gasteiger partial charge in [-0.15, -0.1) is 0 Å². The fourth-order valence-electron chi connectivity index (χ4n) is 1.95. The molecule has 0 fully saturated rings. The second-order valence-electron chi connectivity index (χ2n) is 5.41. The fourth-order valence-corrected chi connectivity index (χ4v) is 2.98. The second-order valence-corrected chi connectivity index (χ2v) is 7.18. The van der Waals surface area contributed by atoms with Gasteiger partial charge in [-0.3, -0.25) is 0 Å². The highest BCUT2D eigenvalue weighted by Gasteiger charge is 2.12. The van der Waals surface area contributed by atoms with Crippen LogP contribution in [0.3, 0.4) is 0 Å². The first kappa shape index (κ1) is 18.6. The Hall–Kier alpha value is -2.76. The van der Waals surface area contributed by atoms with Crippen LogP contribution in [0.25, 0.3) is 0 Å². The topological polar surface area (TPSA) is 97.9 Å². The summed E-state index contributed by atoms with van der Waals surface area (Å²) in [5, 5.41) is 16.7. The van der Waals surface area contributed by atoms with E-state index in [1.165, 1.54) is 12.1 Å². The number of benzene rings is 2. The summed E-state index contributed by atoms with van der Waals surface area (Å²) in [5.74, 6) is 0. The molecule has 0 atom stereocenters. The van der Waals surface area contributed by atoms with E-state index < -0.39 is 10.0 Å². The molecule has 0 aliphatic heterocycles. The number of nitrogens with zero attached hydrogens (tertiary/aromatic N) is 4. The van der Waals surface area contributed by atoms with Crippen LogP contribution >= 0.6 is 0 Å². The smallest absolute Gasteiger partial charge is 0.240 e. The standard InChI is InChI=1S/C17H19N5O2S/c1-22(2)16-8-4-14(5-9-16)20-21-15-6-10-17(11-7-15)25(23,24)19-13-3-12-18/h4-11,19H,3,13H2,1-2H3/b21-20+. The maximum atomic E-state index is 12.0.